The van der Waals surface area contributed by atoms with Gasteiger partial charge in [0.25, 0.3) is 0 Å². The van der Waals surface area contributed by atoms with Crippen molar-refractivity contribution in [3.63, 3.8) is 0 Å². The monoisotopic (exact) mass is 688 g/mol. The molecule has 2 aromatic rings. The van der Waals surface area contributed by atoms with Gasteiger partial charge in [0.1, 0.15) is 23.3 Å². The number of amides is 2. The summed E-state index contributed by atoms with van der Waals surface area (Å²) in [5.74, 6) is -2.25. The maximum atomic E-state index is 11.8. The standard InChI is InChI=1S/2C19H24N2O4/c2*1-12(13(2)14-7-9-15(20-6)10-8-14)11-16(17(22)23)21-18(24)25-19(3,4)5/h2*7-10,16H,11H2,1-5H3,(H,21,24)(H,22,23)/b13-12+;13-12-/t2*16-/m00/s1. The van der Waals surface area contributed by atoms with Crippen LogP contribution in [0.1, 0.15) is 93.2 Å². The minimum absolute atomic E-state index is 0.158. The summed E-state index contributed by atoms with van der Waals surface area (Å²) in [6.45, 7) is 31.6. The van der Waals surface area contributed by atoms with E-state index >= 15 is 0 Å². The number of ether oxygens (including phenoxy) is 2. The zero-order valence-corrected chi connectivity index (χ0v) is 30.4. The molecule has 12 heteroatoms. The molecule has 0 aromatic heterocycles. The normalized spacial score (nSPS) is 13.3. The summed E-state index contributed by atoms with van der Waals surface area (Å²) >= 11 is 0. The number of benzene rings is 2. The lowest BCUT2D eigenvalue weighted by Crippen LogP contribution is -2.43. The van der Waals surface area contributed by atoms with E-state index in [-0.39, 0.29) is 12.8 Å². The third-order valence-corrected chi connectivity index (χ3v) is 7.14. The number of carbonyl (C=O) groups is 4. The summed E-state index contributed by atoms with van der Waals surface area (Å²) in [6.07, 6.45) is -1.20. The van der Waals surface area contributed by atoms with Crippen molar-refractivity contribution in [2.24, 2.45) is 0 Å². The number of rotatable bonds is 10. The van der Waals surface area contributed by atoms with E-state index in [1.807, 2.05) is 52.0 Å². The van der Waals surface area contributed by atoms with Crippen molar-refractivity contribution in [2.45, 2.75) is 105 Å². The van der Waals surface area contributed by atoms with E-state index in [2.05, 4.69) is 20.3 Å². The van der Waals surface area contributed by atoms with Crippen LogP contribution in [-0.4, -0.2) is 57.6 Å². The smallest absolute Gasteiger partial charge is 0.408 e. The fraction of sp³-hybridized carbons (Fsp3) is 0.421. The van der Waals surface area contributed by atoms with Crippen LogP contribution in [0, 0.1) is 13.1 Å². The van der Waals surface area contributed by atoms with Gasteiger partial charge < -0.3 is 30.3 Å². The molecule has 0 unspecified atom stereocenters. The van der Waals surface area contributed by atoms with Gasteiger partial charge in [0.15, 0.2) is 11.4 Å². The SMILES string of the molecule is [C-]#[N+]c1ccc(/C(C)=C(/C)C[C@H](NC(=O)OC(C)(C)C)C(=O)O)cc1.[C-]#[N+]c1ccc(/C(C)=C(\C)C[C@H](NC(=O)OC(C)(C)C)C(=O)O)cc1. The van der Waals surface area contributed by atoms with Gasteiger partial charge >= 0.3 is 24.1 Å². The molecule has 50 heavy (non-hydrogen) atoms. The second-order valence-electron chi connectivity index (χ2n) is 13.6. The first kappa shape index (κ1) is 42.4. The van der Waals surface area contributed by atoms with Crippen LogP contribution in [0.5, 0.6) is 0 Å². The van der Waals surface area contributed by atoms with Gasteiger partial charge in [-0.15, -0.1) is 0 Å². The minimum atomic E-state index is -1.12. The lowest BCUT2D eigenvalue weighted by Gasteiger charge is -2.22. The topological polar surface area (TPSA) is 160 Å². The van der Waals surface area contributed by atoms with E-state index in [4.69, 9.17) is 22.6 Å². The summed E-state index contributed by atoms with van der Waals surface area (Å²) in [6, 6.07) is 12.0. The maximum Gasteiger partial charge on any atom is 0.408 e. The number of carboxylic acids is 2. The first-order valence-corrected chi connectivity index (χ1v) is 15.8. The quantitative estimate of drug-likeness (QED) is 0.180. The molecule has 0 saturated heterocycles. The van der Waals surface area contributed by atoms with Gasteiger partial charge in [-0.2, -0.15) is 0 Å². The van der Waals surface area contributed by atoms with Gasteiger partial charge in [0.05, 0.1) is 13.1 Å². The Morgan fingerprint density at radius 1 is 0.620 bits per heavy atom. The molecule has 0 heterocycles. The van der Waals surface area contributed by atoms with Crippen LogP contribution < -0.4 is 10.6 Å². The second kappa shape index (κ2) is 18.8. The van der Waals surface area contributed by atoms with Gasteiger partial charge in [-0.25, -0.2) is 28.9 Å². The molecule has 268 valence electrons. The number of hydrogen-bond acceptors (Lipinski definition) is 6. The van der Waals surface area contributed by atoms with Gasteiger partial charge in [0.2, 0.25) is 0 Å². The molecule has 0 saturated carbocycles. The molecule has 2 amide bonds. The molecule has 0 bridgehead atoms. The second-order valence-corrected chi connectivity index (χ2v) is 13.6. The highest BCUT2D eigenvalue weighted by molar-refractivity contribution is 5.82. The van der Waals surface area contributed by atoms with Crippen LogP contribution >= 0.6 is 0 Å². The molecule has 0 aliphatic heterocycles. The Hall–Kier alpha value is -5.62. The van der Waals surface area contributed by atoms with Crippen LogP contribution in [0.3, 0.4) is 0 Å². The van der Waals surface area contributed by atoms with E-state index < -0.39 is 47.4 Å². The number of alkyl carbamates (subject to hydrolysis) is 2. The van der Waals surface area contributed by atoms with E-state index in [1.54, 1.807) is 65.8 Å². The predicted octanol–water partition coefficient (Wildman–Crippen LogP) is 8.80. The summed E-state index contributed by atoms with van der Waals surface area (Å²) in [4.78, 5) is 53.2. The minimum Gasteiger partial charge on any atom is -0.480 e. The van der Waals surface area contributed by atoms with Gasteiger partial charge in [-0.1, -0.05) is 59.7 Å². The zero-order valence-electron chi connectivity index (χ0n) is 30.4. The highest BCUT2D eigenvalue weighted by atomic mass is 16.6. The number of nitrogens with one attached hydrogen (secondary N) is 2. The Labute approximate surface area is 294 Å². The number of carboxylic acid groups (broad SMARTS) is 2. The molecule has 4 N–H and O–H groups in total. The van der Waals surface area contributed by atoms with Crippen LogP contribution in [-0.2, 0) is 19.1 Å². The molecule has 0 radical (unpaired) electrons. The Morgan fingerprint density at radius 3 is 1.12 bits per heavy atom. The molecular formula is C38H48N4O8. The lowest BCUT2D eigenvalue weighted by molar-refractivity contribution is -0.140. The van der Waals surface area contributed by atoms with E-state index in [0.29, 0.717) is 11.4 Å². The van der Waals surface area contributed by atoms with Gasteiger partial charge in [0, 0.05) is 0 Å². The molecule has 2 atom stereocenters. The largest absolute Gasteiger partial charge is 0.480 e. The number of hydrogen-bond donors (Lipinski definition) is 4. The van der Waals surface area contributed by atoms with Crippen molar-refractivity contribution >= 4 is 46.6 Å². The van der Waals surface area contributed by atoms with Crippen molar-refractivity contribution < 1.29 is 38.9 Å². The van der Waals surface area contributed by atoms with Crippen LogP contribution in [0.4, 0.5) is 21.0 Å². The first-order valence-electron chi connectivity index (χ1n) is 15.8. The zero-order chi connectivity index (χ0) is 38.4. The molecule has 12 nitrogen and oxygen atoms in total. The molecule has 0 aliphatic rings. The van der Waals surface area contributed by atoms with Crippen LogP contribution in [0.2, 0.25) is 0 Å². The summed E-state index contributed by atoms with van der Waals surface area (Å²) in [5, 5.41) is 23.5. The predicted molar refractivity (Wildman–Crippen MR) is 193 cm³/mol. The van der Waals surface area contributed by atoms with Crippen LogP contribution in [0.15, 0.2) is 59.7 Å². The molecule has 2 aromatic carbocycles. The molecular weight excluding hydrogens is 640 g/mol. The molecule has 0 fully saturated rings. The number of carbonyl (C=O) groups excluding carboxylic acids is 2. The first-order chi connectivity index (χ1) is 23.1. The summed E-state index contributed by atoms with van der Waals surface area (Å²) in [7, 11) is 0. The number of nitrogens with zero attached hydrogens (tertiary/aromatic N) is 2. The van der Waals surface area contributed by atoms with Gasteiger partial charge in [-0.05, 0) is 104 Å². The van der Waals surface area contributed by atoms with E-state index in [9.17, 15) is 29.4 Å². The van der Waals surface area contributed by atoms with Crippen molar-refractivity contribution in [2.75, 3.05) is 0 Å². The fourth-order valence-electron chi connectivity index (χ4n) is 4.28. The summed E-state index contributed by atoms with van der Waals surface area (Å²) < 4.78 is 10.2. The van der Waals surface area contributed by atoms with E-state index in [1.165, 1.54) is 0 Å². The third kappa shape index (κ3) is 15.5. The number of aliphatic carboxylic acids is 2. The van der Waals surface area contributed by atoms with Crippen molar-refractivity contribution in [3.8, 4) is 0 Å². The van der Waals surface area contributed by atoms with Crippen molar-refractivity contribution in [1.82, 2.24) is 10.6 Å². The Kier molecular flexibility index (Phi) is 15.9. The fourth-order valence-corrected chi connectivity index (χ4v) is 4.28. The third-order valence-electron chi connectivity index (χ3n) is 7.14. The molecule has 0 aliphatic carbocycles. The summed E-state index contributed by atoms with van der Waals surface area (Å²) in [5.41, 5.74) is 5.00. The maximum absolute atomic E-state index is 11.8. The Morgan fingerprint density at radius 2 is 0.900 bits per heavy atom. The van der Waals surface area contributed by atoms with Crippen LogP contribution in [0.25, 0.3) is 20.8 Å². The molecule has 0 spiro atoms. The average molecular weight is 689 g/mol. The van der Waals surface area contributed by atoms with Crippen molar-refractivity contribution in [3.05, 3.63) is 93.6 Å². The molecule has 2 rings (SSSR count). The number of allylic oxidation sites excluding steroid dienone is 2. The van der Waals surface area contributed by atoms with E-state index in [0.717, 1.165) is 33.4 Å². The highest BCUT2D eigenvalue weighted by Gasteiger charge is 2.26. The van der Waals surface area contributed by atoms with Crippen molar-refractivity contribution in [1.29, 1.82) is 0 Å². The Balaban J connectivity index is 0.000000500. The lowest BCUT2D eigenvalue weighted by atomic mass is 9.97. The average Bonchev–Trinajstić information content (AvgIpc) is 3.01. The highest BCUT2D eigenvalue weighted by Crippen LogP contribution is 2.25. The Bertz CT molecular complexity index is 1540. The van der Waals surface area contributed by atoms with Gasteiger partial charge in [-0.3, -0.25) is 0 Å².